The molecule has 2 fully saturated rings. The Labute approximate surface area is 136 Å². The van der Waals surface area contributed by atoms with E-state index in [2.05, 4.69) is 15.0 Å². The Kier molecular flexibility index (Phi) is 3.41. The number of ether oxygens (including phenoxy) is 3. The minimum absolute atomic E-state index is 0.0355. The number of carbonyl (C=O) groups excluding carboxylic acids is 1. The van der Waals surface area contributed by atoms with Gasteiger partial charge in [0.05, 0.1) is 38.7 Å². The van der Waals surface area contributed by atoms with Crippen molar-refractivity contribution >= 4 is 23.4 Å². The zero-order valence-corrected chi connectivity index (χ0v) is 13.0. The molecule has 2 saturated heterocycles. The highest BCUT2D eigenvalue weighted by molar-refractivity contribution is 5.77. The lowest BCUT2D eigenvalue weighted by Gasteiger charge is -2.44. The minimum Gasteiger partial charge on any atom is -0.479 e. The summed E-state index contributed by atoms with van der Waals surface area (Å²) in [5, 5.41) is 9.54. The van der Waals surface area contributed by atoms with E-state index in [-0.39, 0.29) is 18.4 Å². The molecule has 128 valence electrons. The van der Waals surface area contributed by atoms with Gasteiger partial charge >= 0.3 is 0 Å². The van der Waals surface area contributed by atoms with Crippen molar-refractivity contribution in [1.82, 2.24) is 19.5 Å². The van der Waals surface area contributed by atoms with Crippen molar-refractivity contribution in [3.63, 3.8) is 0 Å². The SMILES string of the molecule is COc1nc(N)nc2c1ncn2C1OC(CO)[C@@H](C=O)[C@]12CCO2. The first-order chi connectivity index (χ1) is 11.6. The summed E-state index contributed by atoms with van der Waals surface area (Å²) in [6.07, 6.45) is 1.64. The third-order valence-corrected chi connectivity index (χ3v) is 4.73. The van der Waals surface area contributed by atoms with Gasteiger partial charge in [0, 0.05) is 6.42 Å². The molecule has 0 saturated carbocycles. The summed E-state index contributed by atoms with van der Waals surface area (Å²) in [4.78, 5) is 24.0. The highest BCUT2D eigenvalue weighted by Crippen LogP contribution is 2.51. The molecule has 3 N–H and O–H groups in total. The number of fused-ring (bicyclic) bond motifs is 1. The molecule has 24 heavy (non-hydrogen) atoms. The maximum absolute atomic E-state index is 11.6. The van der Waals surface area contributed by atoms with Crippen LogP contribution in [0.1, 0.15) is 12.6 Å². The Balaban J connectivity index is 1.85. The molecule has 2 aromatic heterocycles. The average molecular weight is 335 g/mol. The maximum Gasteiger partial charge on any atom is 0.246 e. The fourth-order valence-corrected chi connectivity index (χ4v) is 3.52. The zero-order valence-electron chi connectivity index (χ0n) is 13.0. The number of hydrogen-bond acceptors (Lipinski definition) is 9. The Morgan fingerprint density at radius 1 is 1.58 bits per heavy atom. The highest BCUT2D eigenvalue weighted by Gasteiger charge is 2.62. The molecule has 10 nitrogen and oxygen atoms in total. The van der Waals surface area contributed by atoms with Gasteiger partial charge in [0.25, 0.3) is 0 Å². The third-order valence-electron chi connectivity index (χ3n) is 4.73. The van der Waals surface area contributed by atoms with Crippen LogP contribution in [0, 0.1) is 5.92 Å². The summed E-state index contributed by atoms with van der Waals surface area (Å²) in [6.45, 7) is 0.244. The van der Waals surface area contributed by atoms with E-state index >= 15 is 0 Å². The molecule has 0 bridgehead atoms. The maximum atomic E-state index is 11.6. The van der Waals surface area contributed by atoms with E-state index in [9.17, 15) is 9.90 Å². The third kappa shape index (κ3) is 1.87. The van der Waals surface area contributed by atoms with Gasteiger partial charge in [-0.2, -0.15) is 9.97 Å². The number of imidazole rings is 1. The van der Waals surface area contributed by atoms with Crippen molar-refractivity contribution in [3.05, 3.63) is 6.33 Å². The van der Waals surface area contributed by atoms with E-state index in [1.807, 2.05) is 0 Å². The van der Waals surface area contributed by atoms with Gasteiger partial charge in [-0.15, -0.1) is 0 Å². The number of hydrogen-bond donors (Lipinski definition) is 2. The lowest BCUT2D eigenvalue weighted by molar-refractivity contribution is -0.211. The van der Waals surface area contributed by atoms with E-state index in [1.54, 1.807) is 4.57 Å². The van der Waals surface area contributed by atoms with E-state index in [0.717, 1.165) is 6.29 Å². The van der Waals surface area contributed by atoms with E-state index in [1.165, 1.54) is 13.4 Å². The van der Waals surface area contributed by atoms with Crippen molar-refractivity contribution < 1.29 is 24.1 Å². The lowest BCUT2D eigenvalue weighted by Crippen LogP contribution is -2.54. The summed E-state index contributed by atoms with van der Waals surface area (Å²) in [5.74, 6) is -0.281. The van der Waals surface area contributed by atoms with Crippen LogP contribution in [0.3, 0.4) is 0 Å². The van der Waals surface area contributed by atoms with E-state index < -0.39 is 23.9 Å². The molecular weight excluding hydrogens is 318 g/mol. The predicted octanol–water partition coefficient (Wildman–Crippen LogP) is -0.719. The Hall–Kier alpha value is -2.30. The number of aliphatic hydroxyl groups excluding tert-OH is 1. The van der Waals surface area contributed by atoms with Gasteiger partial charge in [0.15, 0.2) is 17.4 Å². The van der Waals surface area contributed by atoms with Crippen molar-refractivity contribution in [2.75, 3.05) is 26.1 Å². The number of nitrogen functional groups attached to an aromatic ring is 1. The second kappa shape index (κ2) is 5.36. The molecule has 0 amide bonds. The fraction of sp³-hybridized carbons (Fsp3) is 0.571. The number of anilines is 1. The molecule has 0 radical (unpaired) electrons. The van der Waals surface area contributed by atoms with Gasteiger partial charge < -0.3 is 29.8 Å². The molecule has 2 aliphatic heterocycles. The molecule has 2 unspecified atom stereocenters. The molecule has 1 spiro atoms. The van der Waals surface area contributed by atoms with Crippen LogP contribution in [-0.4, -0.2) is 62.9 Å². The van der Waals surface area contributed by atoms with Crippen LogP contribution < -0.4 is 10.5 Å². The van der Waals surface area contributed by atoms with Crippen LogP contribution in [0.4, 0.5) is 5.95 Å². The molecule has 10 heteroatoms. The van der Waals surface area contributed by atoms with Crippen LogP contribution in [0.2, 0.25) is 0 Å². The molecule has 2 aromatic rings. The van der Waals surface area contributed by atoms with Crippen molar-refractivity contribution in [2.45, 2.75) is 24.4 Å². The second-order valence-electron chi connectivity index (χ2n) is 5.84. The lowest BCUT2D eigenvalue weighted by atomic mass is 9.80. The second-order valence-corrected chi connectivity index (χ2v) is 5.84. The Bertz CT molecular complexity index is 789. The highest BCUT2D eigenvalue weighted by atomic mass is 16.6. The first-order valence-electron chi connectivity index (χ1n) is 7.54. The van der Waals surface area contributed by atoms with Crippen molar-refractivity contribution in [1.29, 1.82) is 0 Å². The summed E-state index contributed by atoms with van der Waals surface area (Å²) in [5.41, 5.74) is 5.75. The van der Waals surface area contributed by atoms with Crippen LogP contribution in [-0.2, 0) is 14.3 Å². The van der Waals surface area contributed by atoms with Crippen LogP contribution in [0.15, 0.2) is 6.33 Å². The normalized spacial score (nSPS) is 32.2. The fourth-order valence-electron chi connectivity index (χ4n) is 3.52. The smallest absolute Gasteiger partial charge is 0.246 e. The molecule has 4 heterocycles. The summed E-state index contributed by atoms with van der Waals surface area (Å²) in [6, 6.07) is 0. The zero-order chi connectivity index (χ0) is 16.9. The average Bonchev–Trinajstić information content (AvgIpc) is 3.10. The largest absolute Gasteiger partial charge is 0.479 e. The van der Waals surface area contributed by atoms with Gasteiger partial charge in [-0.05, 0) is 0 Å². The van der Waals surface area contributed by atoms with Crippen molar-refractivity contribution in [3.8, 4) is 5.88 Å². The number of aromatic nitrogens is 4. The summed E-state index contributed by atoms with van der Waals surface area (Å²) in [7, 11) is 1.47. The van der Waals surface area contributed by atoms with Gasteiger partial charge in [-0.1, -0.05) is 0 Å². The predicted molar refractivity (Wildman–Crippen MR) is 80.1 cm³/mol. The molecule has 0 aliphatic carbocycles. The molecular formula is C14H17N5O5. The first kappa shape index (κ1) is 15.2. The first-order valence-corrected chi connectivity index (χ1v) is 7.54. The van der Waals surface area contributed by atoms with Gasteiger partial charge in [-0.3, -0.25) is 4.57 Å². The quantitative estimate of drug-likeness (QED) is 0.694. The van der Waals surface area contributed by atoms with Crippen LogP contribution >= 0.6 is 0 Å². The number of aliphatic hydroxyl groups is 1. The van der Waals surface area contributed by atoms with Crippen LogP contribution in [0.25, 0.3) is 11.2 Å². The summed E-state index contributed by atoms with van der Waals surface area (Å²) < 4.78 is 18.5. The number of carbonyl (C=O) groups is 1. The van der Waals surface area contributed by atoms with Gasteiger partial charge in [-0.25, -0.2) is 4.98 Å². The summed E-state index contributed by atoms with van der Waals surface area (Å²) >= 11 is 0. The van der Waals surface area contributed by atoms with Gasteiger partial charge in [0.1, 0.15) is 11.9 Å². The monoisotopic (exact) mass is 335 g/mol. The molecule has 0 aromatic carbocycles. The molecule has 4 rings (SSSR count). The standard InChI is InChI=1S/C14H17N5O5/c1-22-11-9-10(17-13(15)18-11)19(6-16-9)12-14(2-3-23-14)7(4-20)8(5-21)24-12/h4,6-8,12,21H,2-3,5H2,1H3,(H2,15,17,18)/t7-,8?,12?,14-/m1/s1. The van der Waals surface area contributed by atoms with Crippen LogP contribution in [0.5, 0.6) is 5.88 Å². The Morgan fingerprint density at radius 2 is 2.38 bits per heavy atom. The number of nitrogens with zero attached hydrogens (tertiary/aromatic N) is 4. The van der Waals surface area contributed by atoms with E-state index in [0.29, 0.717) is 24.2 Å². The molecule has 2 aliphatic rings. The van der Waals surface area contributed by atoms with E-state index in [4.69, 9.17) is 19.9 Å². The number of rotatable bonds is 4. The number of methoxy groups -OCH3 is 1. The number of aldehydes is 1. The molecule has 4 atom stereocenters. The Morgan fingerprint density at radius 3 is 2.96 bits per heavy atom. The topological polar surface area (TPSA) is 135 Å². The van der Waals surface area contributed by atoms with Crippen molar-refractivity contribution in [2.24, 2.45) is 5.92 Å². The van der Waals surface area contributed by atoms with Gasteiger partial charge in [0.2, 0.25) is 11.8 Å². The minimum atomic E-state index is -0.838. The number of nitrogens with two attached hydrogens (primary N) is 1.